The summed E-state index contributed by atoms with van der Waals surface area (Å²) in [5.41, 5.74) is 3.03. The number of carbonyl (C=O) groups excluding carboxylic acids is 1. The second-order valence-corrected chi connectivity index (χ2v) is 7.10. The number of anilines is 2. The molecule has 29 heavy (non-hydrogen) atoms. The molecule has 1 aliphatic heterocycles. The van der Waals surface area contributed by atoms with Crippen LogP contribution in [-0.2, 0) is 0 Å². The normalized spacial score (nSPS) is 13.9. The summed E-state index contributed by atoms with van der Waals surface area (Å²) in [7, 11) is 1.60. The van der Waals surface area contributed by atoms with Crippen molar-refractivity contribution in [1.29, 1.82) is 0 Å². The summed E-state index contributed by atoms with van der Waals surface area (Å²) < 4.78 is 6.74. The molecule has 0 bridgehead atoms. The molecule has 0 spiro atoms. The fourth-order valence-electron chi connectivity index (χ4n) is 3.46. The Bertz CT molecular complexity index is 993. The Morgan fingerprint density at radius 1 is 1.10 bits per heavy atom. The molecule has 1 N–H and O–H groups in total. The van der Waals surface area contributed by atoms with Crippen molar-refractivity contribution in [3.63, 3.8) is 0 Å². The van der Waals surface area contributed by atoms with Gasteiger partial charge in [-0.05, 0) is 49.9 Å². The third kappa shape index (κ3) is 4.21. The molecule has 3 heterocycles. The lowest BCUT2D eigenvalue weighted by Gasteiger charge is -2.28. The molecule has 8 nitrogen and oxygen atoms in total. The van der Waals surface area contributed by atoms with Gasteiger partial charge in [0.2, 0.25) is 0 Å². The van der Waals surface area contributed by atoms with Gasteiger partial charge in [0, 0.05) is 18.7 Å². The monoisotopic (exact) mass is 392 g/mol. The molecule has 150 valence electrons. The molecule has 1 aliphatic rings. The highest BCUT2D eigenvalue weighted by atomic mass is 16.5. The Hall–Kier alpha value is -3.42. The van der Waals surface area contributed by atoms with Crippen LogP contribution < -0.4 is 15.0 Å². The molecular weight excluding hydrogens is 368 g/mol. The topological polar surface area (TPSA) is 85.2 Å². The van der Waals surface area contributed by atoms with Gasteiger partial charge in [0.05, 0.1) is 43.3 Å². The second kappa shape index (κ2) is 8.30. The Kier molecular flexibility index (Phi) is 5.41. The summed E-state index contributed by atoms with van der Waals surface area (Å²) in [6.45, 7) is 3.97. The van der Waals surface area contributed by atoms with Gasteiger partial charge in [-0.1, -0.05) is 0 Å². The zero-order valence-corrected chi connectivity index (χ0v) is 16.6. The van der Waals surface area contributed by atoms with E-state index in [1.807, 2.05) is 25.4 Å². The third-order valence-electron chi connectivity index (χ3n) is 5.07. The molecule has 4 rings (SSSR count). The van der Waals surface area contributed by atoms with Crippen molar-refractivity contribution in [3.05, 3.63) is 54.1 Å². The number of benzene rings is 1. The van der Waals surface area contributed by atoms with Crippen LogP contribution in [-0.4, -0.2) is 45.9 Å². The number of amides is 1. The number of hydrogen-bond donors (Lipinski definition) is 1. The van der Waals surface area contributed by atoms with Crippen molar-refractivity contribution in [2.75, 3.05) is 30.4 Å². The molecule has 0 aliphatic carbocycles. The van der Waals surface area contributed by atoms with Gasteiger partial charge < -0.3 is 15.0 Å². The smallest absolute Gasteiger partial charge is 0.256 e. The van der Waals surface area contributed by atoms with Gasteiger partial charge in [-0.3, -0.25) is 4.79 Å². The minimum Gasteiger partial charge on any atom is -0.497 e. The molecule has 2 aromatic heterocycles. The SMILES string of the molecule is COc1ccc(C(=O)Nc2cnn(-c3ncc(N4CCCCC4)cn3)c2)c(C)c1. The maximum absolute atomic E-state index is 12.6. The van der Waals surface area contributed by atoms with E-state index < -0.39 is 0 Å². The van der Waals surface area contributed by atoms with E-state index in [1.165, 1.54) is 19.3 Å². The molecule has 1 amide bonds. The van der Waals surface area contributed by atoms with Crippen molar-refractivity contribution in [3.8, 4) is 11.7 Å². The van der Waals surface area contributed by atoms with Gasteiger partial charge in [0.15, 0.2) is 0 Å². The lowest BCUT2D eigenvalue weighted by atomic mass is 10.1. The fraction of sp³-hybridized carbons (Fsp3) is 0.333. The van der Waals surface area contributed by atoms with E-state index in [4.69, 9.17) is 4.74 Å². The van der Waals surface area contributed by atoms with E-state index in [9.17, 15) is 4.79 Å². The van der Waals surface area contributed by atoms with E-state index in [1.54, 1.807) is 36.3 Å². The highest BCUT2D eigenvalue weighted by Gasteiger charge is 2.14. The highest BCUT2D eigenvalue weighted by Crippen LogP contribution is 2.20. The summed E-state index contributed by atoms with van der Waals surface area (Å²) in [6, 6.07) is 5.34. The minimum absolute atomic E-state index is 0.203. The summed E-state index contributed by atoms with van der Waals surface area (Å²) >= 11 is 0. The summed E-state index contributed by atoms with van der Waals surface area (Å²) in [5.74, 6) is 0.981. The van der Waals surface area contributed by atoms with E-state index in [0.29, 0.717) is 17.2 Å². The van der Waals surface area contributed by atoms with Crippen LogP contribution in [0, 0.1) is 6.92 Å². The molecule has 1 saturated heterocycles. The minimum atomic E-state index is -0.203. The maximum atomic E-state index is 12.6. The molecule has 1 fully saturated rings. The van der Waals surface area contributed by atoms with E-state index in [-0.39, 0.29) is 5.91 Å². The van der Waals surface area contributed by atoms with Gasteiger partial charge in [-0.15, -0.1) is 0 Å². The largest absolute Gasteiger partial charge is 0.497 e. The number of aryl methyl sites for hydroxylation is 1. The van der Waals surface area contributed by atoms with E-state index in [2.05, 4.69) is 25.3 Å². The Morgan fingerprint density at radius 3 is 2.55 bits per heavy atom. The van der Waals surface area contributed by atoms with Crippen molar-refractivity contribution in [2.24, 2.45) is 0 Å². The van der Waals surface area contributed by atoms with Crippen LogP contribution >= 0.6 is 0 Å². The Balaban J connectivity index is 1.45. The average Bonchev–Trinajstić information content (AvgIpc) is 3.22. The average molecular weight is 392 g/mol. The number of methoxy groups -OCH3 is 1. The van der Waals surface area contributed by atoms with Crippen molar-refractivity contribution >= 4 is 17.3 Å². The Morgan fingerprint density at radius 2 is 1.86 bits per heavy atom. The number of piperidine rings is 1. The van der Waals surface area contributed by atoms with Gasteiger partial charge in [0.1, 0.15) is 5.75 Å². The molecule has 0 unspecified atom stereocenters. The van der Waals surface area contributed by atoms with Gasteiger partial charge >= 0.3 is 0 Å². The number of nitrogens with zero attached hydrogens (tertiary/aromatic N) is 5. The lowest BCUT2D eigenvalue weighted by molar-refractivity contribution is 0.102. The van der Waals surface area contributed by atoms with Crippen LogP contribution in [0.1, 0.15) is 35.2 Å². The van der Waals surface area contributed by atoms with Gasteiger partial charge in [0.25, 0.3) is 11.9 Å². The first kappa shape index (κ1) is 18.9. The molecule has 8 heteroatoms. The first-order chi connectivity index (χ1) is 14.1. The summed E-state index contributed by atoms with van der Waals surface area (Å²) in [6.07, 6.45) is 10.6. The zero-order chi connectivity index (χ0) is 20.2. The van der Waals surface area contributed by atoms with Gasteiger partial charge in [-0.25, -0.2) is 14.6 Å². The van der Waals surface area contributed by atoms with Crippen LogP contribution in [0.4, 0.5) is 11.4 Å². The van der Waals surface area contributed by atoms with Crippen molar-refractivity contribution < 1.29 is 9.53 Å². The van der Waals surface area contributed by atoms with Crippen molar-refractivity contribution in [1.82, 2.24) is 19.7 Å². The quantitative estimate of drug-likeness (QED) is 0.718. The molecule has 0 radical (unpaired) electrons. The lowest BCUT2D eigenvalue weighted by Crippen LogP contribution is -2.29. The summed E-state index contributed by atoms with van der Waals surface area (Å²) in [5, 5.41) is 7.13. The van der Waals surface area contributed by atoms with Gasteiger partial charge in [-0.2, -0.15) is 5.10 Å². The second-order valence-electron chi connectivity index (χ2n) is 7.10. The van der Waals surface area contributed by atoms with Crippen LogP contribution in [0.25, 0.3) is 5.95 Å². The van der Waals surface area contributed by atoms with E-state index in [0.717, 1.165) is 30.1 Å². The molecule has 0 saturated carbocycles. The number of hydrogen-bond acceptors (Lipinski definition) is 6. The fourth-order valence-corrected chi connectivity index (χ4v) is 3.46. The highest BCUT2D eigenvalue weighted by molar-refractivity contribution is 6.05. The maximum Gasteiger partial charge on any atom is 0.256 e. The van der Waals surface area contributed by atoms with Crippen LogP contribution in [0.2, 0.25) is 0 Å². The Labute approximate surface area is 169 Å². The van der Waals surface area contributed by atoms with E-state index >= 15 is 0 Å². The first-order valence-corrected chi connectivity index (χ1v) is 9.72. The predicted molar refractivity (Wildman–Crippen MR) is 111 cm³/mol. The molecule has 0 atom stereocenters. The number of carbonyl (C=O) groups is 1. The predicted octanol–water partition coefficient (Wildman–Crippen LogP) is 3.22. The number of nitrogens with one attached hydrogen (secondary N) is 1. The van der Waals surface area contributed by atoms with Crippen LogP contribution in [0.15, 0.2) is 43.0 Å². The number of aromatic nitrogens is 4. The number of ether oxygens (including phenoxy) is 1. The van der Waals surface area contributed by atoms with Crippen molar-refractivity contribution in [2.45, 2.75) is 26.2 Å². The zero-order valence-electron chi connectivity index (χ0n) is 16.6. The molecule has 3 aromatic rings. The van der Waals surface area contributed by atoms with Crippen LogP contribution in [0.3, 0.4) is 0 Å². The first-order valence-electron chi connectivity index (χ1n) is 9.72. The summed E-state index contributed by atoms with van der Waals surface area (Å²) in [4.78, 5) is 23.7. The third-order valence-corrected chi connectivity index (χ3v) is 5.07. The standard InChI is InChI=1S/C21H24N6O2/c1-15-10-18(29-2)6-7-19(15)20(28)25-16-11-24-27(14-16)21-22-12-17(13-23-21)26-8-4-3-5-9-26/h6-7,10-14H,3-5,8-9H2,1-2H3,(H,25,28). The molecular formula is C21H24N6O2. The molecule has 1 aromatic carbocycles. The van der Waals surface area contributed by atoms with Crippen LogP contribution in [0.5, 0.6) is 5.75 Å². The number of rotatable bonds is 5.